The molecular weight excluding hydrogens is 286 g/mol. The Bertz CT molecular complexity index is 561. The second kappa shape index (κ2) is 6.24. The largest absolute Gasteiger partial charge is 0.484 e. The minimum Gasteiger partial charge on any atom is -0.484 e. The average molecular weight is 307 g/mol. The number of benzene rings is 1. The van der Waals surface area contributed by atoms with E-state index in [-0.39, 0.29) is 37.4 Å². The van der Waals surface area contributed by atoms with E-state index in [1.807, 2.05) is 32.0 Å². The van der Waals surface area contributed by atoms with Gasteiger partial charge in [-0.1, -0.05) is 6.07 Å². The fraction of sp³-hybridized carbons (Fsp3) is 0.562. The zero-order chi connectivity index (χ0) is 15.7. The summed E-state index contributed by atoms with van der Waals surface area (Å²) in [7, 11) is 0. The van der Waals surface area contributed by atoms with Crippen LogP contribution >= 0.6 is 0 Å². The van der Waals surface area contributed by atoms with Crippen LogP contribution in [-0.4, -0.2) is 55.2 Å². The summed E-state index contributed by atoms with van der Waals surface area (Å²) in [6, 6.07) is 5.48. The first-order valence-corrected chi connectivity index (χ1v) is 7.45. The van der Waals surface area contributed by atoms with E-state index in [1.165, 1.54) is 5.56 Å². The van der Waals surface area contributed by atoms with Gasteiger partial charge in [-0.25, -0.2) is 0 Å². The zero-order valence-corrected chi connectivity index (χ0v) is 12.7. The van der Waals surface area contributed by atoms with Crippen molar-refractivity contribution < 1.29 is 24.1 Å². The van der Waals surface area contributed by atoms with Crippen LogP contribution in [0.1, 0.15) is 11.1 Å². The number of carbonyl (C=O) groups is 1. The van der Waals surface area contributed by atoms with Crippen molar-refractivity contribution in [1.29, 1.82) is 0 Å². The first kappa shape index (κ1) is 15.3. The number of aliphatic hydroxyl groups excluding tert-OH is 1. The number of carbonyl (C=O) groups excluding carboxylic acids is 1. The normalized spacial score (nSPS) is 30.1. The highest BCUT2D eigenvalue weighted by Crippen LogP contribution is 2.26. The molecule has 4 atom stereocenters. The summed E-state index contributed by atoms with van der Waals surface area (Å²) in [5, 5.41) is 12.5. The topological polar surface area (TPSA) is 77.0 Å². The number of nitrogens with one attached hydrogen (secondary N) is 1. The lowest BCUT2D eigenvalue weighted by molar-refractivity contribution is -0.124. The summed E-state index contributed by atoms with van der Waals surface area (Å²) in [6.45, 7) is 4.57. The standard InChI is InChI=1S/C16H21NO5/c1-9-3-4-11(5-10(9)2)20-8-14(19)17-12-6-21-16-13(18)7-22-15(12)16/h3-5,12-13,15-16,18H,6-8H2,1-2H3,(H,17,19)/t12-,13+,15+,16+/m0/s1. The van der Waals surface area contributed by atoms with Crippen LogP contribution in [0.2, 0.25) is 0 Å². The summed E-state index contributed by atoms with van der Waals surface area (Å²) in [6.07, 6.45) is -1.23. The number of rotatable bonds is 4. The predicted molar refractivity (Wildman–Crippen MR) is 78.8 cm³/mol. The molecule has 120 valence electrons. The Morgan fingerprint density at radius 2 is 2.05 bits per heavy atom. The first-order chi connectivity index (χ1) is 10.5. The Kier molecular flexibility index (Phi) is 4.33. The van der Waals surface area contributed by atoms with Crippen molar-refractivity contribution in [3.63, 3.8) is 0 Å². The van der Waals surface area contributed by atoms with Gasteiger partial charge >= 0.3 is 0 Å². The summed E-state index contributed by atoms with van der Waals surface area (Å²) in [5.41, 5.74) is 2.31. The Labute approximate surface area is 129 Å². The number of fused-ring (bicyclic) bond motifs is 1. The van der Waals surface area contributed by atoms with Gasteiger partial charge in [-0.2, -0.15) is 0 Å². The number of aliphatic hydroxyl groups is 1. The van der Waals surface area contributed by atoms with Gasteiger partial charge in [0.05, 0.1) is 19.3 Å². The first-order valence-electron chi connectivity index (χ1n) is 7.45. The van der Waals surface area contributed by atoms with Crippen molar-refractivity contribution in [2.75, 3.05) is 19.8 Å². The molecule has 1 aromatic carbocycles. The van der Waals surface area contributed by atoms with Gasteiger partial charge in [0.25, 0.3) is 5.91 Å². The average Bonchev–Trinajstić information content (AvgIpc) is 3.05. The van der Waals surface area contributed by atoms with Crippen LogP contribution < -0.4 is 10.1 Å². The minimum atomic E-state index is -0.612. The molecule has 0 aliphatic carbocycles. The van der Waals surface area contributed by atoms with Crippen molar-refractivity contribution in [1.82, 2.24) is 5.32 Å². The fourth-order valence-electron chi connectivity index (χ4n) is 2.80. The minimum absolute atomic E-state index is 0.0566. The lowest BCUT2D eigenvalue weighted by Crippen LogP contribution is -2.45. The highest BCUT2D eigenvalue weighted by molar-refractivity contribution is 5.78. The predicted octanol–water partition coefficient (Wildman–Crippen LogP) is 0.326. The maximum absolute atomic E-state index is 12.0. The molecule has 1 amide bonds. The third-order valence-corrected chi connectivity index (χ3v) is 4.22. The second-order valence-corrected chi connectivity index (χ2v) is 5.87. The van der Waals surface area contributed by atoms with Crippen LogP contribution in [0.15, 0.2) is 18.2 Å². The van der Waals surface area contributed by atoms with Crippen molar-refractivity contribution in [3.05, 3.63) is 29.3 Å². The monoisotopic (exact) mass is 307 g/mol. The summed E-state index contributed by atoms with van der Waals surface area (Å²) in [4.78, 5) is 12.0. The van der Waals surface area contributed by atoms with E-state index < -0.39 is 6.10 Å². The summed E-state index contributed by atoms with van der Waals surface area (Å²) in [5.74, 6) is 0.448. The van der Waals surface area contributed by atoms with Crippen LogP contribution in [0.4, 0.5) is 0 Å². The van der Waals surface area contributed by atoms with E-state index in [1.54, 1.807) is 0 Å². The van der Waals surface area contributed by atoms with Gasteiger partial charge in [0, 0.05) is 0 Å². The van der Waals surface area contributed by atoms with Gasteiger partial charge in [0.1, 0.15) is 24.1 Å². The van der Waals surface area contributed by atoms with E-state index in [0.717, 1.165) is 5.56 Å². The van der Waals surface area contributed by atoms with Gasteiger partial charge in [0.2, 0.25) is 0 Å². The van der Waals surface area contributed by atoms with Crippen molar-refractivity contribution in [2.24, 2.45) is 0 Å². The van der Waals surface area contributed by atoms with E-state index in [0.29, 0.717) is 12.4 Å². The molecule has 22 heavy (non-hydrogen) atoms. The lowest BCUT2D eigenvalue weighted by Gasteiger charge is -2.17. The summed E-state index contributed by atoms with van der Waals surface area (Å²) >= 11 is 0. The molecule has 2 N–H and O–H groups in total. The molecule has 1 aromatic rings. The molecule has 2 fully saturated rings. The summed E-state index contributed by atoms with van der Waals surface area (Å²) < 4.78 is 16.4. The Morgan fingerprint density at radius 3 is 2.82 bits per heavy atom. The Morgan fingerprint density at radius 1 is 1.27 bits per heavy atom. The third-order valence-electron chi connectivity index (χ3n) is 4.22. The van der Waals surface area contributed by atoms with Crippen molar-refractivity contribution in [2.45, 2.75) is 38.2 Å². The third kappa shape index (κ3) is 3.09. The van der Waals surface area contributed by atoms with Gasteiger partial charge in [-0.3, -0.25) is 4.79 Å². The molecule has 2 aliphatic heterocycles. The second-order valence-electron chi connectivity index (χ2n) is 5.87. The zero-order valence-electron chi connectivity index (χ0n) is 12.7. The highest BCUT2D eigenvalue weighted by atomic mass is 16.6. The Hall–Kier alpha value is -1.63. The van der Waals surface area contributed by atoms with Crippen molar-refractivity contribution in [3.8, 4) is 5.75 Å². The smallest absolute Gasteiger partial charge is 0.258 e. The molecule has 2 saturated heterocycles. The molecule has 0 saturated carbocycles. The fourth-order valence-corrected chi connectivity index (χ4v) is 2.80. The molecular formula is C16H21NO5. The van der Waals surface area contributed by atoms with Crippen LogP contribution in [0.5, 0.6) is 5.75 Å². The van der Waals surface area contributed by atoms with Crippen LogP contribution in [-0.2, 0) is 14.3 Å². The van der Waals surface area contributed by atoms with E-state index in [2.05, 4.69) is 5.32 Å². The van der Waals surface area contributed by atoms with Crippen LogP contribution in [0.3, 0.4) is 0 Å². The number of hydrogen-bond acceptors (Lipinski definition) is 5. The highest BCUT2D eigenvalue weighted by Gasteiger charge is 2.47. The molecule has 6 heteroatoms. The number of hydrogen-bond donors (Lipinski definition) is 2. The quantitative estimate of drug-likeness (QED) is 0.838. The molecule has 0 bridgehead atoms. The van der Waals surface area contributed by atoms with Crippen LogP contribution in [0, 0.1) is 13.8 Å². The van der Waals surface area contributed by atoms with E-state index in [9.17, 15) is 9.90 Å². The van der Waals surface area contributed by atoms with Gasteiger partial charge in [-0.15, -0.1) is 0 Å². The maximum Gasteiger partial charge on any atom is 0.258 e. The van der Waals surface area contributed by atoms with Gasteiger partial charge in [-0.05, 0) is 37.1 Å². The number of aryl methyl sites for hydroxylation is 2. The molecule has 0 unspecified atom stereocenters. The molecule has 0 aromatic heterocycles. The lowest BCUT2D eigenvalue weighted by atomic mass is 10.1. The SMILES string of the molecule is Cc1ccc(OCC(=O)N[C@H]2CO[C@H]3[C@@H]2OC[C@H]3O)cc1C. The van der Waals surface area contributed by atoms with E-state index in [4.69, 9.17) is 14.2 Å². The number of amides is 1. The molecule has 2 heterocycles. The molecule has 0 radical (unpaired) electrons. The molecule has 3 rings (SSSR count). The van der Waals surface area contributed by atoms with Gasteiger partial charge in [0.15, 0.2) is 6.61 Å². The molecule has 2 aliphatic rings. The molecule has 6 nitrogen and oxygen atoms in total. The van der Waals surface area contributed by atoms with Crippen LogP contribution in [0.25, 0.3) is 0 Å². The Balaban J connectivity index is 1.49. The van der Waals surface area contributed by atoms with E-state index >= 15 is 0 Å². The van der Waals surface area contributed by atoms with Crippen molar-refractivity contribution >= 4 is 5.91 Å². The molecule has 0 spiro atoms. The van der Waals surface area contributed by atoms with Gasteiger partial charge < -0.3 is 24.6 Å². The maximum atomic E-state index is 12.0. The number of ether oxygens (including phenoxy) is 3.